The Hall–Kier alpha value is -1.55. The van der Waals surface area contributed by atoms with Crippen molar-refractivity contribution in [1.29, 1.82) is 0 Å². The SMILES string of the molecule is Cc1cc([N+](=O)[O-])cc(S(=O)(=O)NCC(C)(C)N2CCOCC2)c1C. The Balaban J connectivity index is 2.23. The molecule has 2 rings (SSSR count). The van der Waals surface area contributed by atoms with Crippen molar-refractivity contribution in [3.05, 3.63) is 33.4 Å². The highest BCUT2D eigenvalue weighted by Gasteiger charge is 2.31. The number of hydrogen-bond donors (Lipinski definition) is 1. The normalized spacial score (nSPS) is 16.8. The zero-order valence-corrected chi connectivity index (χ0v) is 15.9. The van der Waals surface area contributed by atoms with E-state index in [0.29, 0.717) is 24.3 Å². The summed E-state index contributed by atoms with van der Waals surface area (Å²) in [6, 6.07) is 2.50. The highest BCUT2D eigenvalue weighted by Crippen LogP contribution is 2.26. The van der Waals surface area contributed by atoms with E-state index in [2.05, 4.69) is 9.62 Å². The molecule has 1 heterocycles. The Morgan fingerprint density at radius 3 is 2.44 bits per heavy atom. The molecular formula is C16H25N3O5S. The second kappa shape index (κ2) is 7.36. The summed E-state index contributed by atoms with van der Waals surface area (Å²) >= 11 is 0. The van der Waals surface area contributed by atoms with Crippen molar-refractivity contribution in [3.8, 4) is 0 Å². The molecule has 1 aliphatic rings. The summed E-state index contributed by atoms with van der Waals surface area (Å²) in [5.41, 5.74) is 0.473. The number of sulfonamides is 1. The summed E-state index contributed by atoms with van der Waals surface area (Å²) in [6.45, 7) is 10.2. The topological polar surface area (TPSA) is 102 Å². The van der Waals surface area contributed by atoms with Crippen LogP contribution in [0.2, 0.25) is 0 Å². The number of hydrogen-bond acceptors (Lipinski definition) is 6. The van der Waals surface area contributed by atoms with Gasteiger partial charge in [-0.3, -0.25) is 15.0 Å². The molecule has 0 aliphatic carbocycles. The fraction of sp³-hybridized carbons (Fsp3) is 0.625. The summed E-state index contributed by atoms with van der Waals surface area (Å²) in [6.07, 6.45) is 0. The van der Waals surface area contributed by atoms with Gasteiger partial charge < -0.3 is 4.74 Å². The van der Waals surface area contributed by atoms with Gasteiger partial charge in [0.05, 0.1) is 23.0 Å². The Morgan fingerprint density at radius 1 is 1.28 bits per heavy atom. The molecule has 0 atom stereocenters. The Labute approximate surface area is 148 Å². The number of morpholine rings is 1. The van der Waals surface area contributed by atoms with Gasteiger partial charge in [-0.15, -0.1) is 0 Å². The number of nitrogens with one attached hydrogen (secondary N) is 1. The van der Waals surface area contributed by atoms with Gasteiger partial charge in [-0.2, -0.15) is 0 Å². The molecule has 0 bridgehead atoms. The van der Waals surface area contributed by atoms with Crippen molar-refractivity contribution in [1.82, 2.24) is 9.62 Å². The number of nitro benzene ring substituents is 1. The second-order valence-corrected chi connectivity index (χ2v) is 8.61. The minimum absolute atomic E-state index is 0.0445. The maximum Gasteiger partial charge on any atom is 0.271 e. The summed E-state index contributed by atoms with van der Waals surface area (Å²) in [7, 11) is -3.85. The summed E-state index contributed by atoms with van der Waals surface area (Å²) in [5.74, 6) is 0. The standard InChI is InChI=1S/C16H25N3O5S/c1-12-9-14(19(20)21)10-15(13(12)2)25(22,23)17-11-16(3,4)18-5-7-24-8-6-18/h9-10,17H,5-8,11H2,1-4H3. The van der Waals surface area contributed by atoms with Crippen molar-refractivity contribution in [2.24, 2.45) is 0 Å². The monoisotopic (exact) mass is 371 g/mol. The molecule has 0 spiro atoms. The molecule has 0 saturated carbocycles. The average Bonchev–Trinajstić information content (AvgIpc) is 2.56. The maximum absolute atomic E-state index is 12.7. The number of rotatable bonds is 6. The van der Waals surface area contributed by atoms with Gasteiger partial charge in [0.15, 0.2) is 0 Å². The number of benzene rings is 1. The number of nitrogens with zero attached hydrogens (tertiary/aromatic N) is 2. The lowest BCUT2D eigenvalue weighted by Gasteiger charge is -2.40. The molecule has 25 heavy (non-hydrogen) atoms. The van der Waals surface area contributed by atoms with Crippen LogP contribution in [0, 0.1) is 24.0 Å². The molecule has 140 valence electrons. The van der Waals surface area contributed by atoms with Crippen LogP contribution in [0.15, 0.2) is 17.0 Å². The molecule has 8 nitrogen and oxygen atoms in total. The number of nitro groups is 1. The largest absolute Gasteiger partial charge is 0.379 e. The third kappa shape index (κ3) is 4.55. The second-order valence-electron chi connectivity index (χ2n) is 6.88. The molecular weight excluding hydrogens is 346 g/mol. The van der Waals surface area contributed by atoms with Crippen LogP contribution >= 0.6 is 0 Å². The zero-order valence-electron chi connectivity index (χ0n) is 15.0. The third-order valence-electron chi connectivity index (χ3n) is 4.67. The Kier molecular flexibility index (Phi) is 5.82. The van der Waals surface area contributed by atoms with E-state index in [0.717, 1.165) is 19.2 Å². The van der Waals surface area contributed by atoms with Crippen LogP contribution in [0.5, 0.6) is 0 Å². The number of ether oxygens (including phenoxy) is 1. The number of aryl methyl sites for hydroxylation is 1. The van der Waals surface area contributed by atoms with Crippen LogP contribution < -0.4 is 4.72 Å². The molecule has 0 unspecified atom stereocenters. The minimum Gasteiger partial charge on any atom is -0.379 e. The Morgan fingerprint density at radius 2 is 1.88 bits per heavy atom. The maximum atomic E-state index is 12.7. The van der Waals surface area contributed by atoms with Gasteiger partial charge in [-0.05, 0) is 38.8 Å². The van der Waals surface area contributed by atoms with Gasteiger partial charge >= 0.3 is 0 Å². The first-order valence-corrected chi connectivity index (χ1v) is 9.61. The molecule has 0 amide bonds. The minimum atomic E-state index is -3.85. The van der Waals surface area contributed by atoms with Crippen molar-refractivity contribution in [2.75, 3.05) is 32.8 Å². The van der Waals surface area contributed by atoms with E-state index >= 15 is 0 Å². The molecule has 0 radical (unpaired) electrons. The summed E-state index contributed by atoms with van der Waals surface area (Å²) in [4.78, 5) is 12.6. The van der Waals surface area contributed by atoms with Crippen LogP contribution in [0.4, 0.5) is 5.69 Å². The van der Waals surface area contributed by atoms with Gasteiger partial charge in [-0.25, -0.2) is 13.1 Å². The number of non-ortho nitro benzene ring substituents is 1. The molecule has 1 aliphatic heterocycles. The molecule has 1 N–H and O–H groups in total. The van der Waals surface area contributed by atoms with E-state index in [1.54, 1.807) is 13.8 Å². The quantitative estimate of drug-likeness (QED) is 0.602. The lowest BCUT2D eigenvalue weighted by atomic mass is 10.0. The Bertz CT molecular complexity index is 755. The predicted octanol–water partition coefficient (Wildman–Crippen LogP) is 1.60. The molecule has 9 heteroatoms. The predicted molar refractivity (Wildman–Crippen MR) is 94.2 cm³/mol. The molecule has 1 fully saturated rings. The third-order valence-corrected chi connectivity index (χ3v) is 6.19. The van der Waals surface area contributed by atoms with E-state index < -0.39 is 14.9 Å². The van der Waals surface area contributed by atoms with Crippen LogP contribution in [0.1, 0.15) is 25.0 Å². The van der Waals surface area contributed by atoms with Crippen LogP contribution in [0.25, 0.3) is 0 Å². The van der Waals surface area contributed by atoms with E-state index in [9.17, 15) is 18.5 Å². The van der Waals surface area contributed by atoms with Gasteiger partial charge in [-0.1, -0.05) is 0 Å². The van der Waals surface area contributed by atoms with Crippen molar-refractivity contribution >= 4 is 15.7 Å². The van der Waals surface area contributed by atoms with Gasteiger partial charge in [0, 0.05) is 37.3 Å². The molecule has 1 aromatic carbocycles. The first kappa shape index (κ1) is 19.8. The van der Waals surface area contributed by atoms with Crippen molar-refractivity contribution < 1.29 is 18.1 Å². The fourth-order valence-corrected chi connectivity index (χ4v) is 4.36. The highest BCUT2D eigenvalue weighted by molar-refractivity contribution is 7.89. The first-order valence-electron chi connectivity index (χ1n) is 8.13. The smallest absolute Gasteiger partial charge is 0.271 e. The lowest BCUT2D eigenvalue weighted by molar-refractivity contribution is -0.385. The van der Waals surface area contributed by atoms with Crippen LogP contribution in [-0.2, 0) is 14.8 Å². The van der Waals surface area contributed by atoms with Crippen LogP contribution in [0.3, 0.4) is 0 Å². The highest BCUT2D eigenvalue weighted by atomic mass is 32.2. The van der Waals surface area contributed by atoms with Crippen molar-refractivity contribution in [2.45, 2.75) is 38.1 Å². The zero-order chi connectivity index (χ0) is 18.8. The van der Waals surface area contributed by atoms with E-state index in [4.69, 9.17) is 4.74 Å². The average molecular weight is 371 g/mol. The lowest BCUT2D eigenvalue weighted by Crippen LogP contribution is -2.55. The molecule has 0 aromatic heterocycles. The first-order chi connectivity index (χ1) is 11.5. The fourth-order valence-electron chi connectivity index (χ4n) is 2.82. The van der Waals surface area contributed by atoms with Gasteiger partial charge in [0.25, 0.3) is 5.69 Å². The molecule has 1 aromatic rings. The van der Waals surface area contributed by atoms with Crippen LogP contribution in [-0.4, -0.2) is 56.6 Å². The molecule has 1 saturated heterocycles. The van der Waals surface area contributed by atoms with E-state index in [1.165, 1.54) is 6.07 Å². The van der Waals surface area contributed by atoms with E-state index in [-0.39, 0.29) is 22.7 Å². The summed E-state index contributed by atoms with van der Waals surface area (Å²) in [5, 5.41) is 11.0. The summed E-state index contributed by atoms with van der Waals surface area (Å²) < 4.78 is 33.4. The van der Waals surface area contributed by atoms with Gasteiger partial charge in [0.2, 0.25) is 10.0 Å². The van der Waals surface area contributed by atoms with Gasteiger partial charge in [0.1, 0.15) is 0 Å². The van der Waals surface area contributed by atoms with E-state index in [1.807, 2.05) is 13.8 Å². The van der Waals surface area contributed by atoms with Crippen molar-refractivity contribution in [3.63, 3.8) is 0 Å².